The summed E-state index contributed by atoms with van der Waals surface area (Å²) in [4.78, 5) is 20.1. The van der Waals surface area contributed by atoms with E-state index in [1.165, 1.54) is 48.1 Å². The summed E-state index contributed by atoms with van der Waals surface area (Å²) >= 11 is 1.57. The van der Waals surface area contributed by atoms with Gasteiger partial charge in [0, 0.05) is 23.9 Å². The van der Waals surface area contributed by atoms with Crippen LogP contribution in [0.1, 0.15) is 53.6 Å². The van der Waals surface area contributed by atoms with Gasteiger partial charge < -0.3 is 10.2 Å². The fourth-order valence-corrected chi connectivity index (χ4v) is 5.04. The van der Waals surface area contributed by atoms with Gasteiger partial charge in [0.2, 0.25) is 0 Å². The molecule has 5 heteroatoms. The molecule has 1 aromatic heterocycles. The van der Waals surface area contributed by atoms with Crippen LogP contribution >= 0.6 is 11.8 Å². The second-order valence-corrected chi connectivity index (χ2v) is 9.28. The highest BCUT2D eigenvalue weighted by Crippen LogP contribution is 2.31. The first-order valence-corrected chi connectivity index (χ1v) is 11.0. The van der Waals surface area contributed by atoms with Gasteiger partial charge >= 0.3 is 0 Å². The zero-order valence-electron chi connectivity index (χ0n) is 17.5. The van der Waals surface area contributed by atoms with Gasteiger partial charge in [0.25, 0.3) is 5.91 Å². The molecular formula is C23H32N3OS+. The van der Waals surface area contributed by atoms with Crippen molar-refractivity contribution in [1.29, 1.82) is 0 Å². The molecule has 0 spiro atoms. The van der Waals surface area contributed by atoms with E-state index in [0.717, 1.165) is 16.5 Å². The van der Waals surface area contributed by atoms with E-state index in [1.807, 2.05) is 12.1 Å². The van der Waals surface area contributed by atoms with E-state index in [0.29, 0.717) is 5.56 Å². The molecule has 0 saturated heterocycles. The quantitative estimate of drug-likeness (QED) is 0.784. The molecule has 1 aromatic carbocycles. The number of aryl methyl sites for hydroxylation is 2. The van der Waals surface area contributed by atoms with E-state index in [1.54, 1.807) is 18.0 Å². The maximum atomic E-state index is 13.0. The van der Waals surface area contributed by atoms with Crippen LogP contribution in [0.15, 0.2) is 46.5 Å². The average Bonchev–Trinajstić information content (AvgIpc) is 2.69. The van der Waals surface area contributed by atoms with Crippen molar-refractivity contribution in [3.63, 3.8) is 0 Å². The largest absolute Gasteiger partial charge is 0.346 e. The summed E-state index contributed by atoms with van der Waals surface area (Å²) < 4.78 is 0. The van der Waals surface area contributed by atoms with Crippen LogP contribution in [0, 0.1) is 13.8 Å². The topological polar surface area (TPSA) is 46.4 Å². The maximum absolute atomic E-state index is 13.0. The van der Waals surface area contributed by atoms with E-state index in [2.05, 4.69) is 56.4 Å². The first kappa shape index (κ1) is 20.9. The standard InChI is InChI=1S/C23H31N3OS/c1-17-10-11-20(18(2)15-17)28-22-19(9-8-14-24-22)21(27)25-16-23(26(3)4)12-6-5-7-13-23/h8-11,14-15H,5-7,12-13,16H2,1-4H3,(H,25,27)/p+1. The number of benzene rings is 1. The molecule has 3 rings (SSSR count). The van der Waals surface area contributed by atoms with E-state index in [9.17, 15) is 4.79 Å². The molecule has 0 aliphatic heterocycles. The normalized spacial score (nSPS) is 16.2. The lowest BCUT2D eigenvalue weighted by Gasteiger charge is -2.39. The van der Waals surface area contributed by atoms with Crippen LogP contribution in [0.5, 0.6) is 0 Å². The summed E-state index contributed by atoms with van der Waals surface area (Å²) in [5.41, 5.74) is 3.26. The maximum Gasteiger partial charge on any atom is 0.254 e. The van der Waals surface area contributed by atoms with Gasteiger partial charge in [-0.05, 0) is 50.5 Å². The number of aromatic nitrogens is 1. The highest BCUT2D eigenvalue weighted by molar-refractivity contribution is 7.99. The molecular weight excluding hydrogens is 366 g/mol. The van der Waals surface area contributed by atoms with E-state index >= 15 is 0 Å². The van der Waals surface area contributed by atoms with Gasteiger partial charge in [-0.25, -0.2) is 4.98 Å². The Balaban J connectivity index is 1.75. The minimum absolute atomic E-state index is 0.0217. The van der Waals surface area contributed by atoms with E-state index in [-0.39, 0.29) is 11.4 Å². The first-order chi connectivity index (χ1) is 13.4. The first-order valence-electron chi connectivity index (χ1n) is 10.2. The molecule has 0 unspecified atom stereocenters. The predicted molar refractivity (Wildman–Crippen MR) is 115 cm³/mol. The molecule has 2 N–H and O–H groups in total. The number of pyridine rings is 1. The number of carbonyl (C=O) groups is 1. The zero-order valence-corrected chi connectivity index (χ0v) is 18.3. The molecule has 0 bridgehead atoms. The molecule has 1 aliphatic rings. The van der Waals surface area contributed by atoms with Crippen LogP contribution < -0.4 is 10.2 Å². The number of nitrogens with zero attached hydrogens (tertiary/aromatic N) is 1. The number of carbonyl (C=O) groups excluding carboxylic acids is 1. The number of quaternary nitrogens is 1. The Morgan fingerprint density at radius 2 is 1.93 bits per heavy atom. The lowest BCUT2D eigenvalue weighted by atomic mass is 9.80. The van der Waals surface area contributed by atoms with Crippen LogP contribution in [0.4, 0.5) is 0 Å². The number of hydrogen-bond donors (Lipinski definition) is 2. The number of rotatable bonds is 6. The van der Waals surface area contributed by atoms with Gasteiger partial charge in [0.05, 0.1) is 26.2 Å². The van der Waals surface area contributed by atoms with Gasteiger partial charge in [0.15, 0.2) is 0 Å². The van der Waals surface area contributed by atoms with Gasteiger partial charge in [-0.3, -0.25) is 4.79 Å². The van der Waals surface area contributed by atoms with Crippen LogP contribution in [0.25, 0.3) is 0 Å². The molecule has 1 aliphatic carbocycles. The second-order valence-electron chi connectivity index (χ2n) is 8.25. The van der Waals surface area contributed by atoms with Crippen molar-refractivity contribution in [2.45, 2.75) is 61.4 Å². The third kappa shape index (κ3) is 4.76. The molecule has 1 saturated carbocycles. The molecule has 28 heavy (non-hydrogen) atoms. The van der Waals surface area contributed by atoms with Gasteiger partial charge in [-0.1, -0.05) is 35.9 Å². The van der Waals surface area contributed by atoms with Crippen LogP contribution in [0.3, 0.4) is 0 Å². The summed E-state index contributed by atoms with van der Waals surface area (Å²) in [5, 5.41) is 3.99. The third-order valence-electron chi connectivity index (χ3n) is 6.01. The highest BCUT2D eigenvalue weighted by atomic mass is 32.2. The van der Waals surface area contributed by atoms with E-state index in [4.69, 9.17) is 0 Å². The minimum atomic E-state index is -0.0217. The monoisotopic (exact) mass is 398 g/mol. The van der Waals surface area contributed by atoms with Crippen molar-refractivity contribution in [2.75, 3.05) is 20.6 Å². The summed E-state index contributed by atoms with van der Waals surface area (Å²) in [6.45, 7) is 4.91. The molecule has 1 fully saturated rings. The molecule has 4 nitrogen and oxygen atoms in total. The van der Waals surface area contributed by atoms with Crippen molar-refractivity contribution >= 4 is 17.7 Å². The van der Waals surface area contributed by atoms with Gasteiger partial charge in [-0.2, -0.15) is 0 Å². The van der Waals surface area contributed by atoms with Crippen LogP contribution in [-0.4, -0.2) is 37.1 Å². The number of nitrogens with one attached hydrogen (secondary N) is 2. The molecule has 1 heterocycles. The Morgan fingerprint density at radius 1 is 1.18 bits per heavy atom. The highest BCUT2D eigenvalue weighted by Gasteiger charge is 2.38. The molecule has 150 valence electrons. The fourth-order valence-electron chi connectivity index (χ4n) is 4.09. The average molecular weight is 399 g/mol. The number of likely N-dealkylation sites (N-methyl/N-ethyl adjacent to an activating group) is 1. The molecule has 1 amide bonds. The SMILES string of the molecule is Cc1ccc(Sc2ncccc2C(=O)NCC2([NH+](C)C)CCCCC2)c(C)c1. The summed E-state index contributed by atoms with van der Waals surface area (Å²) in [5.74, 6) is -0.0217. The second kappa shape index (κ2) is 9.10. The Bertz CT molecular complexity index is 828. The summed E-state index contributed by atoms with van der Waals surface area (Å²) in [7, 11) is 4.42. The van der Waals surface area contributed by atoms with Gasteiger partial charge in [0.1, 0.15) is 10.6 Å². The van der Waals surface area contributed by atoms with Crippen LogP contribution in [0.2, 0.25) is 0 Å². The fraction of sp³-hybridized carbons (Fsp3) is 0.478. The Labute approximate surface area is 173 Å². The van der Waals surface area contributed by atoms with Crippen molar-refractivity contribution in [3.05, 3.63) is 53.2 Å². The number of amides is 1. The van der Waals surface area contributed by atoms with Crippen molar-refractivity contribution in [3.8, 4) is 0 Å². The Kier molecular flexibility index (Phi) is 6.78. The van der Waals surface area contributed by atoms with Gasteiger partial charge in [-0.15, -0.1) is 0 Å². The lowest BCUT2D eigenvalue weighted by Crippen LogP contribution is -3.16. The van der Waals surface area contributed by atoms with E-state index < -0.39 is 0 Å². The predicted octanol–water partition coefficient (Wildman–Crippen LogP) is 3.43. The lowest BCUT2D eigenvalue weighted by molar-refractivity contribution is -0.916. The van der Waals surface area contributed by atoms with Crippen molar-refractivity contribution in [1.82, 2.24) is 10.3 Å². The Hall–Kier alpha value is -1.85. The van der Waals surface area contributed by atoms with Crippen LogP contribution in [-0.2, 0) is 0 Å². The van der Waals surface area contributed by atoms with Crippen molar-refractivity contribution < 1.29 is 9.69 Å². The molecule has 0 atom stereocenters. The smallest absolute Gasteiger partial charge is 0.254 e. The molecule has 0 radical (unpaired) electrons. The summed E-state index contributed by atoms with van der Waals surface area (Å²) in [6, 6.07) is 10.1. The molecule has 2 aromatic rings. The summed E-state index contributed by atoms with van der Waals surface area (Å²) in [6.07, 6.45) is 7.92. The number of hydrogen-bond acceptors (Lipinski definition) is 3. The zero-order chi connectivity index (χ0) is 20.1. The minimum Gasteiger partial charge on any atom is -0.346 e. The Morgan fingerprint density at radius 3 is 2.61 bits per heavy atom. The van der Waals surface area contributed by atoms with Crippen molar-refractivity contribution in [2.24, 2.45) is 0 Å². The third-order valence-corrected chi connectivity index (χ3v) is 7.21.